The van der Waals surface area contributed by atoms with Gasteiger partial charge in [-0.3, -0.25) is 0 Å². The Kier molecular flexibility index (Phi) is 4.87. The van der Waals surface area contributed by atoms with Crippen LogP contribution in [0.5, 0.6) is 5.75 Å². The highest BCUT2D eigenvalue weighted by Gasteiger charge is 2.26. The van der Waals surface area contributed by atoms with E-state index < -0.39 is 0 Å². The van der Waals surface area contributed by atoms with Crippen molar-refractivity contribution in [2.24, 2.45) is 0 Å². The Bertz CT molecular complexity index is 666. The van der Waals surface area contributed by atoms with Gasteiger partial charge in [-0.05, 0) is 37.0 Å². The predicted octanol–water partition coefficient (Wildman–Crippen LogP) is 3.62. The average molecular weight is 318 g/mol. The molecule has 2 aromatic rings. The zero-order valence-corrected chi connectivity index (χ0v) is 14.4. The first-order valence-corrected chi connectivity index (χ1v) is 8.36. The fourth-order valence-corrected chi connectivity index (χ4v) is 3.27. The van der Waals surface area contributed by atoms with Gasteiger partial charge < -0.3 is 19.2 Å². The predicted molar refractivity (Wildman–Crippen MR) is 89.9 cm³/mol. The van der Waals surface area contributed by atoms with E-state index >= 15 is 0 Å². The number of fused-ring (bicyclic) bond motifs is 1. The molecule has 1 aliphatic rings. The quantitative estimate of drug-likeness (QED) is 0.881. The SMILES string of the molecule is COc1cc(CN[C@@H]2CCC[C@@H]2OC)cc2nc(C(C)C)oc12. The van der Waals surface area contributed by atoms with Crippen molar-refractivity contribution in [2.75, 3.05) is 14.2 Å². The lowest BCUT2D eigenvalue weighted by molar-refractivity contribution is 0.0847. The second-order valence-corrected chi connectivity index (χ2v) is 6.55. The molecule has 0 saturated heterocycles. The molecule has 126 valence electrons. The lowest BCUT2D eigenvalue weighted by atomic mass is 10.1. The third kappa shape index (κ3) is 3.35. The normalized spacial score (nSPS) is 21.4. The summed E-state index contributed by atoms with van der Waals surface area (Å²) in [4.78, 5) is 4.59. The van der Waals surface area contributed by atoms with E-state index in [2.05, 4.69) is 30.2 Å². The molecule has 23 heavy (non-hydrogen) atoms. The molecule has 5 heteroatoms. The van der Waals surface area contributed by atoms with Crippen LogP contribution in [0.25, 0.3) is 11.1 Å². The number of nitrogens with one attached hydrogen (secondary N) is 1. The number of aromatic nitrogens is 1. The molecule has 0 amide bonds. The summed E-state index contributed by atoms with van der Waals surface area (Å²) < 4.78 is 16.9. The molecule has 1 heterocycles. The molecule has 1 N–H and O–H groups in total. The Balaban J connectivity index is 1.80. The number of hydrogen-bond acceptors (Lipinski definition) is 5. The Hall–Kier alpha value is -1.59. The number of ether oxygens (including phenoxy) is 2. The van der Waals surface area contributed by atoms with Crippen molar-refractivity contribution in [3.63, 3.8) is 0 Å². The van der Waals surface area contributed by atoms with Gasteiger partial charge in [0.05, 0.1) is 13.2 Å². The molecule has 1 fully saturated rings. The van der Waals surface area contributed by atoms with E-state index in [0.717, 1.165) is 41.3 Å². The van der Waals surface area contributed by atoms with E-state index in [9.17, 15) is 0 Å². The van der Waals surface area contributed by atoms with Crippen molar-refractivity contribution in [1.29, 1.82) is 0 Å². The van der Waals surface area contributed by atoms with Crippen molar-refractivity contribution in [3.05, 3.63) is 23.6 Å². The molecule has 1 saturated carbocycles. The maximum absolute atomic E-state index is 5.84. The van der Waals surface area contributed by atoms with Gasteiger partial charge >= 0.3 is 0 Å². The highest BCUT2D eigenvalue weighted by molar-refractivity contribution is 5.80. The standard InChI is InChI=1S/C18H26N2O3/c1-11(2)18-20-14-8-12(9-16(22-4)17(14)23-18)10-19-13-6-5-7-15(13)21-3/h8-9,11,13,15,19H,5-7,10H2,1-4H3/t13-,15+/m1/s1. The van der Waals surface area contributed by atoms with E-state index in [4.69, 9.17) is 13.9 Å². The summed E-state index contributed by atoms with van der Waals surface area (Å²) in [7, 11) is 3.46. The Labute approximate surface area is 137 Å². The molecule has 1 aromatic heterocycles. The van der Waals surface area contributed by atoms with Crippen molar-refractivity contribution in [3.8, 4) is 5.75 Å². The number of methoxy groups -OCH3 is 2. The second kappa shape index (κ2) is 6.89. The monoisotopic (exact) mass is 318 g/mol. The zero-order valence-electron chi connectivity index (χ0n) is 14.4. The molecule has 1 aliphatic carbocycles. The van der Waals surface area contributed by atoms with E-state index in [1.54, 1.807) is 14.2 Å². The molecule has 1 aromatic carbocycles. The number of nitrogens with zero attached hydrogens (tertiary/aromatic N) is 1. The van der Waals surface area contributed by atoms with Gasteiger partial charge in [0.25, 0.3) is 0 Å². The zero-order chi connectivity index (χ0) is 16.4. The lowest BCUT2D eigenvalue weighted by Crippen LogP contribution is -2.36. The molecule has 5 nitrogen and oxygen atoms in total. The van der Waals surface area contributed by atoms with Crippen LogP contribution in [-0.4, -0.2) is 31.3 Å². The highest BCUT2D eigenvalue weighted by Crippen LogP contribution is 2.31. The largest absolute Gasteiger partial charge is 0.493 e. The Morgan fingerprint density at radius 3 is 2.83 bits per heavy atom. The van der Waals surface area contributed by atoms with Gasteiger partial charge in [0.1, 0.15) is 5.52 Å². The van der Waals surface area contributed by atoms with Crippen LogP contribution in [0.15, 0.2) is 16.5 Å². The van der Waals surface area contributed by atoms with Crippen LogP contribution in [0, 0.1) is 0 Å². The maximum atomic E-state index is 5.84. The van der Waals surface area contributed by atoms with Crippen LogP contribution in [0.1, 0.15) is 50.5 Å². The third-order valence-corrected chi connectivity index (χ3v) is 4.57. The van der Waals surface area contributed by atoms with Crippen LogP contribution >= 0.6 is 0 Å². The van der Waals surface area contributed by atoms with Crippen molar-refractivity contribution in [2.45, 2.75) is 57.7 Å². The summed E-state index contributed by atoms with van der Waals surface area (Å²) >= 11 is 0. The molecular weight excluding hydrogens is 292 g/mol. The molecule has 2 atom stereocenters. The van der Waals surface area contributed by atoms with Gasteiger partial charge in [0, 0.05) is 25.6 Å². The summed E-state index contributed by atoms with van der Waals surface area (Å²) in [5.41, 5.74) is 2.75. The van der Waals surface area contributed by atoms with E-state index in [0.29, 0.717) is 12.1 Å². The lowest BCUT2D eigenvalue weighted by Gasteiger charge is -2.19. The van der Waals surface area contributed by atoms with Gasteiger partial charge in [-0.15, -0.1) is 0 Å². The Morgan fingerprint density at radius 1 is 1.30 bits per heavy atom. The summed E-state index contributed by atoms with van der Waals surface area (Å²) in [6.45, 7) is 4.93. The average Bonchev–Trinajstić information content (AvgIpc) is 3.17. The summed E-state index contributed by atoms with van der Waals surface area (Å²) in [5.74, 6) is 1.75. The third-order valence-electron chi connectivity index (χ3n) is 4.57. The number of oxazole rings is 1. The van der Waals surface area contributed by atoms with Crippen molar-refractivity contribution >= 4 is 11.1 Å². The number of rotatable bonds is 6. The summed E-state index contributed by atoms with van der Waals surface area (Å²) in [6.07, 6.45) is 3.84. The summed E-state index contributed by atoms with van der Waals surface area (Å²) in [5, 5.41) is 3.61. The number of benzene rings is 1. The molecule has 0 bridgehead atoms. The second-order valence-electron chi connectivity index (χ2n) is 6.55. The van der Waals surface area contributed by atoms with Gasteiger partial charge in [0.2, 0.25) is 0 Å². The Morgan fingerprint density at radius 2 is 2.13 bits per heavy atom. The first kappa shape index (κ1) is 16.3. The van der Waals surface area contributed by atoms with E-state index in [1.807, 2.05) is 6.07 Å². The number of hydrogen-bond donors (Lipinski definition) is 1. The van der Waals surface area contributed by atoms with Crippen molar-refractivity contribution < 1.29 is 13.9 Å². The van der Waals surface area contributed by atoms with Gasteiger partial charge in [-0.2, -0.15) is 0 Å². The minimum absolute atomic E-state index is 0.259. The summed E-state index contributed by atoms with van der Waals surface area (Å²) in [6, 6.07) is 4.53. The van der Waals surface area contributed by atoms with Crippen LogP contribution in [0.4, 0.5) is 0 Å². The van der Waals surface area contributed by atoms with E-state index in [-0.39, 0.29) is 5.92 Å². The highest BCUT2D eigenvalue weighted by atomic mass is 16.5. The minimum atomic E-state index is 0.259. The molecule has 0 unspecified atom stereocenters. The molecular formula is C18H26N2O3. The molecule has 3 rings (SSSR count). The maximum Gasteiger partial charge on any atom is 0.198 e. The van der Waals surface area contributed by atoms with Gasteiger partial charge in [-0.25, -0.2) is 4.98 Å². The fourth-order valence-electron chi connectivity index (χ4n) is 3.27. The molecule has 0 aliphatic heterocycles. The van der Waals surface area contributed by atoms with Crippen LogP contribution in [0.3, 0.4) is 0 Å². The van der Waals surface area contributed by atoms with Crippen molar-refractivity contribution in [1.82, 2.24) is 10.3 Å². The topological polar surface area (TPSA) is 56.5 Å². The molecule has 0 radical (unpaired) electrons. The fraction of sp³-hybridized carbons (Fsp3) is 0.611. The molecule has 0 spiro atoms. The smallest absolute Gasteiger partial charge is 0.198 e. The van der Waals surface area contributed by atoms with Crippen LogP contribution in [0.2, 0.25) is 0 Å². The minimum Gasteiger partial charge on any atom is -0.493 e. The first-order valence-electron chi connectivity index (χ1n) is 8.36. The van der Waals surface area contributed by atoms with E-state index in [1.165, 1.54) is 12.8 Å². The first-order chi connectivity index (χ1) is 11.1. The van der Waals surface area contributed by atoms with Crippen LogP contribution < -0.4 is 10.1 Å². The van der Waals surface area contributed by atoms with Gasteiger partial charge in [0.15, 0.2) is 17.2 Å². The van der Waals surface area contributed by atoms with Gasteiger partial charge in [-0.1, -0.05) is 13.8 Å². The van der Waals surface area contributed by atoms with Crippen LogP contribution in [-0.2, 0) is 11.3 Å².